The summed E-state index contributed by atoms with van der Waals surface area (Å²) in [6.07, 6.45) is 0. The van der Waals surface area contributed by atoms with Crippen molar-refractivity contribution in [3.05, 3.63) is 101 Å². The van der Waals surface area contributed by atoms with Gasteiger partial charge in [-0.3, -0.25) is 24.0 Å². The highest BCUT2D eigenvalue weighted by atomic mass is 32.2. The fourth-order valence-electron chi connectivity index (χ4n) is 5.27. The maximum Gasteiger partial charge on any atom is 0.352 e. The largest absolute Gasteiger partial charge is 0.507 e. The van der Waals surface area contributed by atoms with E-state index in [1.54, 1.807) is 67.7 Å². The van der Waals surface area contributed by atoms with Gasteiger partial charge >= 0.3 is 5.97 Å². The number of aliphatic carboxylic acids is 1. The molecule has 2 aliphatic rings. The Morgan fingerprint density at radius 3 is 2.42 bits per heavy atom. The Kier molecular flexibility index (Phi) is 9.80. The number of sulfonamides is 1. The summed E-state index contributed by atoms with van der Waals surface area (Å²) in [4.78, 5) is 53.8. The third-order valence-corrected chi connectivity index (χ3v) is 11.5. The molecule has 3 aromatic carbocycles. The molecule has 19 heteroatoms. The molecule has 16 nitrogen and oxygen atoms in total. The fraction of sp³-hybridized carbons (Fsp3) is 0.194. The van der Waals surface area contributed by atoms with Gasteiger partial charge in [-0.1, -0.05) is 60.3 Å². The first-order valence-electron chi connectivity index (χ1n) is 14.8. The molecule has 1 fully saturated rings. The van der Waals surface area contributed by atoms with Gasteiger partial charge in [0.25, 0.3) is 21.8 Å². The molecule has 1 saturated heterocycles. The molecule has 0 saturated carbocycles. The molecule has 258 valence electrons. The van der Waals surface area contributed by atoms with Crippen molar-refractivity contribution in [3.63, 3.8) is 0 Å². The van der Waals surface area contributed by atoms with Gasteiger partial charge in [0, 0.05) is 24.2 Å². The lowest BCUT2D eigenvalue weighted by atomic mass is 10.0. The van der Waals surface area contributed by atoms with Crippen molar-refractivity contribution in [1.29, 1.82) is 0 Å². The van der Waals surface area contributed by atoms with Gasteiger partial charge in [0.2, 0.25) is 11.1 Å². The minimum absolute atomic E-state index is 0.174. The minimum atomic E-state index is -4.17. The molecule has 3 atom stereocenters. The predicted octanol–water partition coefficient (Wildman–Crippen LogP) is 1.72. The molecule has 2 aliphatic heterocycles. The molecular weight excluding hydrogens is 709 g/mol. The summed E-state index contributed by atoms with van der Waals surface area (Å²) in [5, 5.41) is 36.7. The molecule has 0 spiro atoms. The van der Waals surface area contributed by atoms with E-state index >= 15 is 0 Å². The topological polar surface area (TPSA) is 226 Å². The second-order valence-electron chi connectivity index (χ2n) is 11.0. The number of carboxylic acid groups (broad SMARTS) is 1. The van der Waals surface area contributed by atoms with E-state index in [4.69, 9.17) is 0 Å². The van der Waals surface area contributed by atoms with Gasteiger partial charge in [-0.05, 0) is 51.9 Å². The van der Waals surface area contributed by atoms with Crippen molar-refractivity contribution in [3.8, 4) is 5.75 Å². The zero-order chi connectivity index (χ0) is 35.6. The molecule has 0 bridgehead atoms. The molecule has 4 aromatic rings. The molecule has 3 amide bonds. The Bertz CT molecular complexity index is 2110. The number of tetrazole rings is 1. The Hall–Kier alpha value is -5.40. The molecule has 6 rings (SSSR count). The second kappa shape index (κ2) is 14.2. The van der Waals surface area contributed by atoms with Crippen LogP contribution in [-0.2, 0) is 31.5 Å². The van der Waals surface area contributed by atoms with E-state index in [9.17, 15) is 37.8 Å². The standard InChI is InChI=1S/C31H28N8O8S3/c1-38-31(34-36-37-38)49-16-18-15-48-29-24(28(43)39(29)25(18)30(44)45)33-27(42)23(17-8-4-2-5-9-17)32-26(41)21-14-20(12-13-22(21)40)50(46,47)35-19-10-6-3-7-11-19/h2-14,23-24,29,35,40H,15-16H2,1H3,(H,32,41)(H,33,42)(H,44,45)/t23-,24?,29-/m0/s1. The number of carboxylic acids is 1. The van der Waals surface area contributed by atoms with E-state index in [2.05, 4.69) is 30.9 Å². The summed E-state index contributed by atoms with van der Waals surface area (Å²) in [5.41, 5.74) is 0.514. The van der Waals surface area contributed by atoms with Crippen LogP contribution in [0.3, 0.4) is 0 Å². The number of nitrogens with one attached hydrogen (secondary N) is 3. The van der Waals surface area contributed by atoms with Crippen molar-refractivity contribution in [2.75, 3.05) is 16.2 Å². The molecular formula is C31H28N8O8S3. The first-order chi connectivity index (χ1) is 23.9. The molecule has 0 radical (unpaired) electrons. The van der Waals surface area contributed by atoms with E-state index in [0.717, 1.165) is 23.1 Å². The summed E-state index contributed by atoms with van der Waals surface area (Å²) < 4.78 is 30.0. The number of anilines is 1. The van der Waals surface area contributed by atoms with Crippen LogP contribution >= 0.6 is 23.5 Å². The van der Waals surface area contributed by atoms with Crippen LogP contribution in [0.25, 0.3) is 0 Å². The number of fused-ring (bicyclic) bond motifs is 1. The van der Waals surface area contributed by atoms with E-state index < -0.39 is 62.5 Å². The Morgan fingerprint density at radius 1 is 1.06 bits per heavy atom. The third kappa shape index (κ3) is 7.00. The number of aromatic nitrogens is 4. The average molecular weight is 737 g/mol. The maximum atomic E-state index is 13.8. The van der Waals surface area contributed by atoms with E-state index in [0.29, 0.717) is 16.3 Å². The van der Waals surface area contributed by atoms with Crippen LogP contribution in [0.2, 0.25) is 0 Å². The van der Waals surface area contributed by atoms with Gasteiger partial charge in [0.05, 0.1) is 10.5 Å². The zero-order valence-corrected chi connectivity index (χ0v) is 28.4. The third-order valence-electron chi connectivity index (χ3n) is 7.72. The van der Waals surface area contributed by atoms with Crippen LogP contribution in [-0.4, -0.2) is 90.4 Å². The lowest BCUT2D eigenvalue weighted by molar-refractivity contribution is -0.151. The van der Waals surface area contributed by atoms with Gasteiger partial charge in [-0.25, -0.2) is 17.9 Å². The van der Waals surface area contributed by atoms with Crippen LogP contribution in [0.15, 0.2) is 100 Å². The predicted molar refractivity (Wildman–Crippen MR) is 181 cm³/mol. The number of carbonyl (C=O) groups excluding carboxylic acids is 3. The first kappa shape index (κ1) is 34.5. The van der Waals surface area contributed by atoms with Crippen molar-refractivity contribution in [1.82, 2.24) is 35.7 Å². The van der Waals surface area contributed by atoms with Crippen LogP contribution in [0, 0.1) is 0 Å². The van der Waals surface area contributed by atoms with Crippen molar-refractivity contribution in [2.24, 2.45) is 7.05 Å². The molecule has 1 aromatic heterocycles. The lowest BCUT2D eigenvalue weighted by Crippen LogP contribution is -2.71. The Morgan fingerprint density at radius 2 is 1.76 bits per heavy atom. The van der Waals surface area contributed by atoms with Gasteiger partial charge in [0.1, 0.15) is 28.9 Å². The summed E-state index contributed by atoms with van der Waals surface area (Å²) in [6.45, 7) is 0. The Balaban J connectivity index is 1.20. The molecule has 1 unspecified atom stereocenters. The number of thioether (sulfide) groups is 2. The number of rotatable bonds is 12. The summed E-state index contributed by atoms with van der Waals surface area (Å²) >= 11 is 2.50. The number of para-hydroxylation sites is 1. The van der Waals surface area contributed by atoms with Crippen molar-refractivity contribution >= 4 is 62.9 Å². The van der Waals surface area contributed by atoms with Crippen molar-refractivity contribution in [2.45, 2.75) is 27.5 Å². The number of benzene rings is 3. The Labute approximate surface area is 293 Å². The van der Waals surface area contributed by atoms with Crippen molar-refractivity contribution < 1.29 is 37.8 Å². The number of hydrogen-bond donors (Lipinski definition) is 5. The highest BCUT2D eigenvalue weighted by molar-refractivity contribution is 8.01. The quantitative estimate of drug-likeness (QED) is 0.103. The lowest BCUT2D eigenvalue weighted by Gasteiger charge is -2.49. The van der Waals surface area contributed by atoms with Gasteiger partial charge in [-0.2, -0.15) is 0 Å². The zero-order valence-electron chi connectivity index (χ0n) is 26.0. The smallest absolute Gasteiger partial charge is 0.352 e. The average Bonchev–Trinajstić information content (AvgIpc) is 3.52. The highest BCUT2D eigenvalue weighted by Crippen LogP contribution is 2.41. The van der Waals surface area contributed by atoms with Gasteiger partial charge in [0.15, 0.2) is 0 Å². The van der Waals surface area contributed by atoms with Crippen LogP contribution in [0.1, 0.15) is 22.0 Å². The van der Waals surface area contributed by atoms with E-state index in [1.165, 1.54) is 28.2 Å². The van der Waals surface area contributed by atoms with E-state index in [-0.39, 0.29) is 27.8 Å². The second-order valence-corrected chi connectivity index (χ2v) is 14.7. The number of carbonyl (C=O) groups is 4. The molecule has 50 heavy (non-hydrogen) atoms. The number of hydrogen-bond acceptors (Lipinski definition) is 12. The number of phenolic OH excluding ortho intramolecular Hbond substituents is 1. The van der Waals surface area contributed by atoms with Crippen LogP contribution < -0.4 is 15.4 Å². The van der Waals surface area contributed by atoms with Gasteiger partial charge < -0.3 is 20.8 Å². The summed E-state index contributed by atoms with van der Waals surface area (Å²) in [5.74, 6) is -3.74. The molecule has 3 heterocycles. The van der Waals surface area contributed by atoms with Gasteiger partial charge in [-0.15, -0.1) is 16.9 Å². The number of amides is 3. The molecule has 0 aliphatic carbocycles. The normalized spacial score (nSPS) is 17.7. The maximum absolute atomic E-state index is 13.8. The highest BCUT2D eigenvalue weighted by Gasteiger charge is 2.54. The fourth-order valence-corrected chi connectivity index (χ4v) is 8.68. The number of phenols is 1. The van der Waals surface area contributed by atoms with E-state index in [1.807, 2.05) is 0 Å². The molecule has 5 N–H and O–H groups in total. The SMILES string of the molecule is Cn1nnnc1SCC1=C(C(=O)O)N2C(=O)C(NC(=O)[C@@H](NC(=O)c3cc(S(=O)(=O)Nc4ccccc4)ccc3O)c3ccccc3)[C@@H]2SC1. The summed E-state index contributed by atoms with van der Waals surface area (Å²) in [7, 11) is -2.52. The number of nitrogens with zero attached hydrogens (tertiary/aromatic N) is 5. The number of β-lactam (4-membered cyclic amide) rings is 1. The monoisotopic (exact) mass is 736 g/mol. The number of aromatic hydroxyl groups is 1. The minimum Gasteiger partial charge on any atom is -0.507 e. The first-order valence-corrected chi connectivity index (χ1v) is 18.3. The summed E-state index contributed by atoms with van der Waals surface area (Å²) in [6, 6.07) is 16.9. The van der Waals surface area contributed by atoms with Crippen LogP contribution in [0.5, 0.6) is 5.75 Å². The van der Waals surface area contributed by atoms with Crippen LogP contribution in [0.4, 0.5) is 5.69 Å². The number of aryl methyl sites for hydroxylation is 1.